The maximum Gasteiger partial charge on any atom is 0.198 e. The van der Waals surface area contributed by atoms with Gasteiger partial charge < -0.3 is 15.9 Å². The summed E-state index contributed by atoms with van der Waals surface area (Å²) < 4.78 is 0. The van der Waals surface area contributed by atoms with Crippen LogP contribution in [0.1, 0.15) is 27.0 Å². The summed E-state index contributed by atoms with van der Waals surface area (Å²) in [6, 6.07) is 27.1. The summed E-state index contributed by atoms with van der Waals surface area (Å²) >= 11 is 0. The van der Waals surface area contributed by atoms with E-state index >= 15 is 0 Å². The molecule has 0 unspecified atom stereocenters. The maximum absolute atomic E-state index is 13.9. The number of rotatable bonds is 3. The molecule has 0 saturated heterocycles. The molecular formula is C27H19NO3. The van der Waals surface area contributed by atoms with Gasteiger partial charge in [-0.05, 0) is 40.5 Å². The fourth-order valence-corrected chi connectivity index (χ4v) is 4.23. The number of hydrogen-bond donors (Lipinski definition) is 3. The van der Waals surface area contributed by atoms with E-state index in [-0.39, 0.29) is 22.8 Å². The van der Waals surface area contributed by atoms with Gasteiger partial charge in [-0.1, -0.05) is 66.7 Å². The van der Waals surface area contributed by atoms with Crippen molar-refractivity contribution in [2.45, 2.75) is 0 Å². The number of para-hydroxylation sites is 1. The lowest BCUT2D eigenvalue weighted by Crippen LogP contribution is -2.08. The Morgan fingerprint density at radius 3 is 1.77 bits per heavy atom. The topological polar surface area (TPSA) is 83.6 Å². The van der Waals surface area contributed by atoms with Crippen molar-refractivity contribution in [2.24, 2.45) is 0 Å². The van der Waals surface area contributed by atoms with Crippen molar-refractivity contribution < 1.29 is 15.0 Å². The number of ketones is 1. The van der Waals surface area contributed by atoms with Crippen molar-refractivity contribution in [1.82, 2.24) is 0 Å². The molecule has 0 atom stereocenters. The molecule has 4 nitrogen and oxygen atoms in total. The summed E-state index contributed by atoms with van der Waals surface area (Å²) in [7, 11) is 0. The third-order valence-electron chi connectivity index (χ3n) is 5.62. The Hall–Kier alpha value is -4.31. The van der Waals surface area contributed by atoms with E-state index in [1.54, 1.807) is 6.07 Å². The largest absolute Gasteiger partial charge is 0.508 e. The zero-order chi connectivity index (χ0) is 21.5. The number of benzene rings is 4. The van der Waals surface area contributed by atoms with Gasteiger partial charge in [-0.15, -0.1) is 0 Å². The van der Waals surface area contributed by atoms with Crippen LogP contribution < -0.4 is 5.73 Å². The fraction of sp³-hybridized carbons (Fsp3) is 0. The highest BCUT2D eigenvalue weighted by molar-refractivity contribution is 6.38. The van der Waals surface area contributed by atoms with Crippen LogP contribution in [0.15, 0.2) is 91.0 Å². The first-order valence-electron chi connectivity index (χ1n) is 9.91. The highest BCUT2D eigenvalue weighted by Gasteiger charge is 2.31. The summed E-state index contributed by atoms with van der Waals surface area (Å²) in [6.45, 7) is 0. The first-order chi connectivity index (χ1) is 15.1. The number of anilines is 1. The molecule has 0 heterocycles. The SMILES string of the molecule is Nc1ccccc1C(C(=O)c1ccc(O)cc1O)=C1c2ccccc2-c2ccccc21. The Morgan fingerprint density at radius 2 is 1.19 bits per heavy atom. The van der Waals surface area contributed by atoms with Crippen molar-refractivity contribution in [2.75, 3.05) is 5.73 Å². The van der Waals surface area contributed by atoms with Crippen LogP contribution in [0.5, 0.6) is 11.5 Å². The van der Waals surface area contributed by atoms with Crippen molar-refractivity contribution in [3.8, 4) is 22.6 Å². The summed E-state index contributed by atoms with van der Waals surface area (Å²) in [5.41, 5.74) is 12.6. The summed E-state index contributed by atoms with van der Waals surface area (Å²) in [5, 5.41) is 20.1. The predicted molar refractivity (Wildman–Crippen MR) is 123 cm³/mol. The molecule has 150 valence electrons. The fourth-order valence-electron chi connectivity index (χ4n) is 4.23. The molecular weight excluding hydrogens is 386 g/mol. The number of hydrogen-bond acceptors (Lipinski definition) is 4. The standard InChI is InChI=1S/C27H19NO3/c28-23-12-6-5-11-21(23)26(27(31)22-14-13-16(29)15-24(22)30)25-19-9-3-1-7-17(19)18-8-2-4-10-20(18)25/h1-15,29-30H,28H2. The molecule has 0 spiro atoms. The molecule has 0 radical (unpaired) electrons. The number of nitrogens with two attached hydrogens (primary N) is 1. The van der Waals surface area contributed by atoms with Gasteiger partial charge in [0.2, 0.25) is 0 Å². The van der Waals surface area contributed by atoms with E-state index in [0.29, 0.717) is 16.8 Å². The minimum absolute atomic E-state index is 0.102. The normalized spacial score (nSPS) is 11.7. The Bertz CT molecular complexity index is 1340. The van der Waals surface area contributed by atoms with Gasteiger partial charge in [0.15, 0.2) is 5.78 Å². The number of nitrogen functional groups attached to an aromatic ring is 1. The molecule has 5 rings (SSSR count). The van der Waals surface area contributed by atoms with E-state index in [1.807, 2.05) is 66.7 Å². The van der Waals surface area contributed by atoms with Gasteiger partial charge in [-0.3, -0.25) is 4.79 Å². The number of carbonyl (C=O) groups excluding carboxylic acids is 1. The Kier molecular flexibility index (Phi) is 4.33. The van der Waals surface area contributed by atoms with Crippen molar-refractivity contribution >= 4 is 22.6 Å². The predicted octanol–water partition coefficient (Wildman–Crippen LogP) is 5.50. The zero-order valence-electron chi connectivity index (χ0n) is 16.5. The third kappa shape index (κ3) is 2.97. The van der Waals surface area contributed by atoms with Gasteiger partial charge in [0.1, 0.15) is 11.5 Å². The van der Waals surface area contributed by atoms with Gasteiger partial charge in [0, 0.05) is 28.5 Å². The molecule has 4 heteroatoms. The number of Topliss-reactive ketones (excluding diaryl/α,β-unsaturated/α-hetero) is 1. The van der Waals surface area contributed by atoms with Crippen LogP contribution in [0.4, 0.5) is 5.69 Å². The van der Waals surface area contributed by atoms with Crippen molar-refractivity contribution in [3.63, 3.8) is 0 Å². The lowest BCUT2D eigenvalue weighted by Gasteiger charge is -2.16. The highest BCUT2D eigenvalue weighted by atomic mass is 16.3. The van der Waals surface area contributed by atoms with Crippen LogP contribution in [0, 0.1) is 0 Å². The van der Waals surface area contributed by atoms with Gasteiger partial charge in [-0.25, -0.2) is 0 Å². The van der Waals surface area contributed by atoms with Crippen molar-refractivity contribution in [1.29, 1.82) is 0 Å². The van der Waals surface area contributed by atoms with Crippen LogP contribution in [0.3, 0.4) is 0 Å². The molecule has 4 N–H and O–H groups in total. The van der Waals surface area contributed by atoms with E-state index in [4.69, 9.17) is 5.73 Å². The monoisotopic (exact) mass is 405 g/mol. The Morgan fingerprint density at radius 1 is 0.645 bits per heavy atom. The Balaban J connectivity index is 1.89. The summed E-state index contributed by atoms with van der Waals surface area (Å²) in [5.74, 6) is -0.756. The zero-order valence-corrected chi connectivity index (χ0v) is 16.5. The average Bonchev–Trinajstić information content (AvgIpc) is 3.10. The number of aromatic hydroxyl groups is 2. The van der Waals surface area contributed by atoms with Crippen molar-refractivity contribution in [3.05, 3.63) is 113 Å². The molecule has 4 aromatic carbocycles. The molecule has 1 aliphatic carbocycles. The van der Waals surface area contributed by atoms with Gasteiger partial charge in [0.05, 0.1) is 5.56 Å². The molecule has 0 aromatic heterocycles. The van der Waals surface area contributed by atoms with Crippen LogP contribution in [0.25, 0.3) is 22.3 Å². The second-order valence-corrected chi connectivity index (χ2v) is 7.46. The molecule has 0 fully saturated rings. The van der Waals surface area contributed by atoms with E-state index in [0.717, 1.165) is 27.8 Å². The molecule has 0 saturated carbocycles. The number of allylic oxidation sites excluding steroid dienone is 1. The number of fused-ring (bicyclic) bond motifs is 3. The van der Waals surface area contributed by atoms with E-state index in [2.05, 4.69) is 0 Å². The molecule has 0 amide bonds. The first-order valence-corrected chi connectivity index (χ1v) is 9.91. The van der Waals surface area contributed by atoms with Crippen LogP contribution >= 0.6 is 0 Å². The molecule has 0 aliphatic heterocycles. The van der Waals surface area contributed by atoms with Crippen LogP contribution in [0.2, 0.25) is 0 Å². The molecule has 31 heavy (non-hydrogen) atoms. The highest BCUT2D eigenvalue weighted by Crippen LogP contribution is 2.48. The molecule has 1 aliphatic rings. The molecule has 4 aromatic rings. The molecule has 0 bridgehead atoms. The minimum Gasteiger partial charge on any atom is -0.508 e. The second-order valence-electron chi connectivity index (χ2n) is 7.46. The van der Waals surface area contributed by atoms with Gasteiger partial charge in [0.25, 0.3) is 0 Å². The first kappa shape index (κ1) is 18.7. The quantitative estimate of drug-likeness (QED) is 0.210. The Labute approximate surface area is 179 Å². The number of phenolic OH excluding ortho intramolecular Hbond substituents is 2. The summed E-state index contributed by atoms with van der Waals surface area (Å²) in [6.07, 6.45) is 0. The smallest absolute Gasteiger partial charge is 0.198 e. The van der Waals surface area contributed by atoms with Gasteiger partial charge >= 0.3 is 0 Å². The lowest BCUT2D eigenvalue weighted by molar-refractivity contribution is 0.105. The van der Waals surface area contributed by atoms with Crippen LogP contribution in [-0.2, 0) is 0 Å². The van der Waals surface area contributed by atoms with E-state index in [1.165, 1.54) is 18.2 Å². The summed E-state index contributed by atoms with van der Waals surface area (Å²) in [4.78, 5) is 13.9. The van der Waals surface area contributed by atoms with E-state index in [9.17, 15) is 15.0 Å². The van der Waals surface area contributed by atoms with Gasteiger partial charge in [-0.2, -0.15) is 0 Å². The lowest BCUT2D eigenvalue weighted by atomic mass is 9.87. The average molecular weight is 405 g/mol. The number of carbonyl (C=O) groups is 1. The maximum atomic E-state index is 13.9. The van der Waals surface area contributed by atoms with Crippen LogP contribution in [-0.4, -0.2) is 16.0 Å². The third-order valence-corrected chi connectivity index (χ3v) is 5.62. The number of phenols is 2. The second kappa shape index (κ2) is 7.18. The van der Waals surface area contributed by atoms with E-state index < -0.39 is 0 Å². The minimum atomic E-state index is -0.364.